The van der Waals surface area contributed by atoms with Gasteiger partial charge in [0.2, 0.25) is 0 Å². The third-order valence-corrected chi connectivity index (χ3v) is 2.93. The van der Waals surface area contributed by atoms with Crippen molar-refractivity contribution in [2.24, 2.45) is 0 Å². The Morgan fingerprint density at radius 1 is 1.33 bits per heavy atom. The van der Waals surface area contributed by atoms with Gasteiger partial charge in [-0.15, -0.1) is 0 Å². The molecule has 96 valence electrons. The Kier molecular flexibility index (Phi) is 3.94. The minimum Gasteiger partial charge on any atom is -0.497 e. The highest BCUT2D eigenvalue weighted by Crippen LogP contribution is 2.32. The fourth-order valence-corrected chi connectivity index (χ4v) is 1.95. The highest BCUT2D eigenvalue weighted by Gasteiger charge is 2.11. The van der Waals surface area contributed by atoms with Crippen molar-refractivity contribution in [2.45, 2.75) is 19.4 Å². The van der Waals surface area contributed by atoms with Gasteiger partial charge in [0.05, 0.1) is 18.2 Å². The molecule has 1 atom stereocenters. The molecule has 0 aliphatic carbocycles. The summed E-state index contributed by atoms with van der Waals surface area (Å²) in [6, 6.07) is 9.08. The van der Waals surface area contributed by atoms with Crippen LogP contribution < -0.4 is 4.74 Å². The average Bonchev–Trinajstić information content (AvgIpc) is 2.77. The van der Waals surface area contributed by atoms with Gasteiger partial charge in [-0.2, -0.15) is 0 Å². The molecular weight excluding hydrogens is 252 g/mol. The van der Waals surface area contributed by atoms with E-state index in [1.807, 2.05) is 18.2 Å². The molecule has 0 aliphatic heterocycles. The number of aliphatic hydroxyl groups is 1. The summed E-state index contributed by atoms with van der Waals surface area (Å²) in [6.07, 6.45) is 0.0616. The second kappa shape index (κ2) is 5.46. The minimum absolute atomic E-state index is 0.426. The van der Waals surface area contributed by atoms with Crippen LogP contribution in [0.5, 0.6) is 5.75 Å². The number of hydrogen-bond donors (Lipinski definition) is 1. The van der Waals surface area contributed by atoms with E-state index in [-0.39, 0.29) is 0 Å². The number of aliphatic hydroxyl groups excluding tert-OH is 1. The van der Waals surface area contributed by atoms with Crippen molar-refractivity contribution < 1.29 is 14.3 Å². The van der Waals surface area contributed by atoms with Crippen molar-refractivity contribution in [3.8, 4) is 17.1 Å². The van der Waals surface area contributed by atoms with Crippen LogP contribution in [0.3, 0.4) is 0 Å². The molecule has 1 aromatic carbocycles. The Labute approximate surface area is 111 Å². The second-order valence-electron chi connectivity index (χ2n) is 4.16. The molecular formula is C14H15ClO3. The van der Waals surface area contributed by atoms with Crippen LogP contribution in [-0.4, -0.2) is 18.3 Å². The van der Waals surface area contributed by atoms with Crippen molar-refractivity contribution in [2.75, 3.05) is 7.11 Å². The first-order chi connectivity index (χ1) is 8.60. The van der Waals surface area contributed by atoms with Crippen LogP contribution >= 0.6 is 11.6 Å². The molecule has 2 aromatic rings. The average molecular weight is 267 g/mol. The van der Waals surface area contributed by atoms with E-state index in [1.165, 1.54) is 0 Å². The van der Waals surface area contributed by atoms with Crippen molar-refractivity contribution in [1.82, 2.24) is 0 Å². The number of ether oxygens (including phenoxy) is 1. The maximum atomic E-state index is 9.32. The van der Waals surface area contributed by atoms with Gasteiger partial charge in [-0.3, -0.25) is 0 Å². The van der Waals surface area contributed by atoms with Crippen LogP contribution in [-0.2, 0) is 6.42 Å². The molecule has 0 saturated heterocycles. The Balaban J connectivity index is 2.33. The summed E-state index contributed by atoms with van der Waals surface area (Å²) in [7, 11) is 1.61. The van der Waals surface area contributed by atoms with Crippen molar-refractivity contribution in [1.29, 1.82) is 0 Å². The highest BCUT2D eigenvalue weighted by atomic mass is 35.5. The van der Waals surface area contributed by atoms with E-state index < -0.39 is 6.10 Å². The van der Waals surface area contributed by atoms with E-state index in [9.17, 15) is 5.11 Å². The summed E-state index contributed by atoms with van der Waals surface area (Å²) in [5.74, 6) is 2.14. The molecule has 1 aromatic heterocycles. The first-order valence-electron chi connectivity index (χ1n) is 5.71. The lowest BCUT2D eigenvalue weighted by atomic mass is 10.1. The fourth-order valence-electron chi connectivity index (χ4n) is 1.74. The van der Waals surface area contributed by atoms with E-state index in [4.69, 9.17) is 20.8 Å². The monoisotopic (exact) mass is 266 g/mol. The lowest BCUT2D eigenvalue weighted by Crippen LogP contribution is -2.02. The van der Waals surface area contributed by atoms with E-state index in [2.05, 4.69) is 0 Å². The van der Waals surface area contributed by atoms with Gasteiger partial charge in [-0.1, -0.05) is 11.6 Å². The Hall–Kier alpha value is -1.45. The SMILES string of the molecule is COc1ccc(Cl)c(-c2ccc(CC(C)O)o2)c1. The lowest BCUT2D eigenvalue weighted by Gasteiger charge is -2.05. The summed E-state index contributed by atoms with van der Waals surface area (Å²) in [5, 5.41) is 9.92. The summed E-state index contributed by atoms with van der Waals surface area (Å²) in [6.45, 7) is 1.72. The Bertz CT molecular complexity index is 532. The first kappa shape index (κ1) is 13.0. The molecule has 1 unspecified atom stereocenters. The van der Waals surface area contributed by atoms with Crippen LogP contribution in [0.4, 0.5) is 0 Å². The van der Waals surface area contributed by atoms with Crippen LogP contribution in [0.25, 0.3) is 11.3 Å². The van der Waals surface area contributed by atoms with Gasteiger partial charge in [0.15, 0.2) is 0 Å². The molecule has 0 bridgehead atoms. The van der Waals surface area contributed by atoms with Gasteiger partial charge in [0.1, 0.15) is 17.3 Å². The van der Waals surface area contributed by atoms with E-state index in [0.29, 0.717) is 17.2 Å². The van der Waals surface area contributed by atoms with Crippen LogP contribution in [0.1, 0.15) is 12.7 Å². The zero-order valence-electron chi connectivity index (χ0n) is 10.3. The zero-order valence-corrected chi connectivity index (χ0v) is 11.1. The number of hydrogen-bond acceptors (Lipinski definition) is 3. The molecule has 1 N–H and O–H groups in total. The molecule has 0 saturated carbocycles. The van der Waals surface area contributed by atoms with Gasteiger partial charge in [-0.25, -0.2) is 0 Å². The smallest absolute Gasteiger partial charge is 0.135 e. The predicted molar refractivity (Wildman–Crippen MR) is 71.1 cm³/mol. The van der Waals surface area contributed by atoms with Gasteiger partial charge < -0.3 is 14.3 Å². The second-order valence-corrected chi connectivity index (χ2v) is 4.57. The quantitative estimate of drug-likeness (QED) is 0.921. The third kappa shape index (κ3) is 2.86. The van der Waals surface area contributed by atoms with Gasteiger partial charge in [-0.05, 0) is 37.3 Å². The molecule has 0 amide bonds. The zero-order chi connectivity index (χ0) is 13.1. The minimum atomic E-state index is -0.426. The molecule has 0 fully saturated rings. The lowest BCUT2D eigenvalue weighted by molar-refractivity contribution is 0.187. The summed E-state index contributed by atoms with van der Waals surface area (Å²) >= 11 is 6.14. The Morgan fingerprint density at radius 3 is 2.78 bits per heavy atom. The normalized spacial score (nSPS) is 12.4. The summed E-state index contributed by atoms with van der Waals surface area (Å²) in [5.41, 5.74) is 0.785. The Morgan fingerprint density at radius 2 is 2.11 bits per heavy atom. The summed E-state index contributed by atoms with van der Waals surface area (Å²) < 4.78 is 10.8. The van der Waals surface area contributed by atoms with Crippen molar-refractivity contribution >= 4 is 11.6 Å². The number of methoxy groups -OCH3 is 1. The number of furan rings is 1. The standard InChI is InChI=1S/C14H15ClO3/c1-9(16)7-11-4-6-14(18-11)12-8-10(17-2)3-5-13(12)15/h3-6,8-9,16H,7H2,1-2H3. The maximum absolute atomic E-state index is 9.32. The van der Waals surface area contributed by atoms with E-state index in [1.54, 1.807) is 26.2 Å². The van der Waals surface area contributed by atoms with Gasteiger partial charge in [0, 0.05) is 12.0 Å². The maximum Gasteiger partial charge on any atom is 0.135 e. The third-order valence-electron chi connectivity index (χ3n) is 2.60. The number of rotatable bonds is 4. The van der Waals surface area contributed by atoms with Gasteiger partial charge in [0.25, 0.3) is 0 Å². The fraction of sp³-hybridized carbons (Fsp3) is 0.286. The van der Waals surface area contributed by atoms with Crippen LogP contribution in [0.15, 0.2) is 34.7 Å². The molecule has 0 radical (unpaired) electrons. The molecule has 4 heteroatoms. The number of halogens is 1. The van der Waals surface area contributed by atoms with E-state index in [0.717, 1.165) is 17.1 Å². The molecule has 0 aliphatic rings. The van der Waals surface area contributed by atoms with Crippen LogP contribution in [0, 0.1) is 0 Å². The van der Waals surface area contributed by atoms with Crippen LogP contribution in [0.2, 0.25) is 5.02 Å². The molecule has 3 nitrogen and oxygen atoms in total. The predicted octanol–water partition coefficient (Wildman–Crippen LogP) is 3.53. The van der Waals surface area contributed by atoms with Crippen molar-refractivity contribution in [3.05, 3.63) is 41.1 Å². The number of benzene rings is 1. The molecule has 18 heavy (non-hydrogen) atoms. The molecule has 1 heterocycles. The first-order valence-corrected chi connectivity index (χ1v) is 6.08. The molecule has 2 rings (SSSR count). The summed E-state index contributed by atoms with van der Waals surface area (Å²) in [4.78, 5) is 0. The largest absolute Gasteiger partial charge is 0.497 e. The molecule has 0 spiro atoms. The van der Waals surface area contributed by atoms with Crippen molar-refractivity contribution in [3.63, 3.8) is 0 Å². The highest BCUT2D eigenvalue weighted by molar-refractivity contribution is 6.33. The van der Waals surface area contributed by atoms with Gasteiger partial charge >= 0.3 is 0 Å². The topological polar surface area (TPSA) is 42.6 Å². The van der Waals surface area contributed by atoms with E-state index >= 15 is 0 Å².